The average molecular weight is 321 g/mol. The Bertz CT molecular complexity index is 462. The molecule has 1 fully saturated rings. The van der Waals surface area contributed by atoms with Crippen molar-refractivity contribution in [2.45, 2.75) is 71.6 Å². The molecule has 3 unspecified atom stereocenters. The van der Waals surface area contributed by atoms with Gasteiger partial charge in [-0.1, -0.05) is 20.3 Å². The Hall–Kier alpha value is -1.20. The molecule has 1 aliphatic rings. The number of aromatic nitrogens is 2. The largest absolute Gasteiger partial charge is 0.488 e. The molecule has 0 aromatic carbocycles. The standard InChI is InChI=1S/C18H31N3O2/c1-12(2)8-14-6-5-7-16(21-17(14)11-22)18-19-9-15(10-20-18)23-13(3)4/h9-10,12-14,16-17,21-22H,5-8,11H2,1-4H3. The summed E-state index contributed by atoms with van der Waals surface area (Å²) in [4.78, 5) is 8.94. The molecule has 5 heteroatoms. The first kappa shape index (κ1) is 18.1. The molecule has 3 atom stereocenters. The molecule has 2 N–H and O–H groups in total. The maximum absolute atomic E-state index is 9.78. The number of aliphatic hydroxyl groups is 1. The molecule has 0 aliphatic carbocycles. The molecule has 0 spiro atoms. The summed E-state index contributed by atoms with van der Waals surface area (Å²) in [5, 5.41) is 13.4. The van der Waals surface area contributed by atoms with Crippen molar-refractivity contribution < 1.29 is 9.84 Å². The van der Waals surface area contributed by atoms with Gasteiger partial charge in [-0.05, 0) is 44.9 Å². The summed E-state index contributed by atoms with van der Waals surface area (Å²) in [6, 6.07) is 0.234. The normalized spacial score (nSPS) is 25.6. The highest BCUT2D eigenvalue weighted by molar-refractivity contribution is 5.14. The minimum absolute atomic E-state index is 0.109. The Morgan fingerprint density at radius 3 is 2.48 bits per heavy atom. The Kier molecular flexibility index (Phi) is 6.78. The zero-order chi connectivity index (χ0) is 16.8. The molecule has 0 amide bonds. The molecular formula is C18H31N3O2. The topological polar surface area (TPSA) is 67.3 Å². The van der Waals surface area contributed by atoms with Crippen LogP contribution in [0.3, 0.4) is 0 Å². The molecule has 1 aliphatic heterocycles. The first-order chi connectivity index (χ1) is 11.0. The fourth-order valence-electron chi connectivity index (χ4n) is 3.40. The second-order valence-corrected chi connectivity index (χ2v) is 7.27. The van der Waals surface area contributed by atoms with E-state index >= 15 is 0 Å². The molecule has 0 saturated carbocycles. The van der Waals surface area contributed by atoms with Crippen molar-refractivity contribution in [3.8, 4) is 5.75 Å². The molecule has 23 heavy (non-hydrogen) atoms. The fraction of sp³-hybridized carbons (Fsp3) is 0.778. The van der Waals surface area contributed by atoms with Crippen LogP contribution in [-0.4, -0.2) is 33.8 Å². The third-order valence-corrected chi connectivity index (χ3v) is 4.35. The van der Waals surface area contributed by atoms with Gasteiger partial charge in [0.25, 0.3) is 0 Å². The van der Waals surface area contributed by atoms with E-state index in [1.54, 1.807) is 12.4 Å². The predicted molar refractivity (Wildman–Crippen MR) is 91.3 cm³/mol. The number of hydrogen-bond donors (Lipinski definition) is 2. The van der Waals surface area contributed by atoms with Gasteiger partial charge in [0.05, 0.1) is 31.1 Å². The number of aliphatic hydroxyl groups excluding tert-OH is 1. The molecule has 2 heterocycles. The first-order valence-electron chi connectivity index (χ1n) is 8.85. The summed E-state index contributed by atoms with van der Waals surface area (Å²) < 4.78 is 5.60. The summed E-state index contributed by atoms with van der Waals surface area (Å²) in [7, 11) is 0. The van der Waals surface area contributed by atoms with E-state index in [9.17, 15) is 5.11 Å². The number of ether oxygens (including phenoxy) is 1. The molecule has 130 valence electrons. The zero-order valence-corrected chi connectivity index (χ0v) is 14.8. The SMILES string of the molecule is CC(C)CC1CCCC(c2ncc(OC(C)C)cn2)NC1CO. The van der Waals surface area contributed by atoms with Crippen LogP contribution in [0.1, 0.15) is 65.2 Å². The molecule has 0 bridgehead atoms. The highest BCUT2D eigenvalue weighted by Crippen LogP contribution is 2.30. The molecule has 5 nitrogen and oxygen atoms in total. The van der Waals surface area contributed by atoms with Crippen LogP contribution in [0.15, 0.2) is 12.4 Å². The van der Waals surface area contributed by atoms with E-state index in [-0.39, 0.29) is 24.8 Å². The third kappa shape index (κ3) is 5.43. The van der Waals surface area contributed by atoms with Gasteiger partial charge in [-0.15, -0.1) is 0 Å². The summed E-state index contributed by atoms with van der Waals surface area (Å²) in [5.41, 5.74) is 0. The lowest BCUT2D eigenvalue weighted by molar-refractivity contribution is 0.178. The van der Waals surface area contributed by atoms with Crippen molar-refractivity contribution >= 4 is 0 Å². The van der Waals surface area contributed by atoms with Gasteiger partial charge in [-0.3, -0.25) is 0 Å². The van der Waals surface area contributed by atoms with E-state index in [0.717, 1.165) is 31.5 Å². The second kappa shape index (κ2) is 8.60. The maximum atomic E-state index is 9.78. The lowest BCUT2D eigenvalue weighted by Gasteiger charge is -2.27. The summed E-state index contributed by atoms with van der Waals surface area (Å²) in [5.74, 6) is 2.67. The maximum Gasteiger partial charge on any atom is 0.156 e. The highest BCUT2D eigenvalue weighted by Gasteiger charge is 2.29. The van der Waals surface area contributed by atoms with Gasteiger partial charge >= 0.3 is 0 Å². The van der Waals surface area contributed by atoms with Crippen LogP contribution in [0.2, 0.25) is 0 Å². The number of rotatable bonds is 6. The minimum atomic E-state index is 0.109. The highest BCUT2D eigenvalue weighted by atomic mass is 16.5. The van der Waals surface area contributed by atoms with Gasteiger partial charge in [0.1, 0.15) is 5.82 Å². The molecule has 1 saturated heterocycles. The summed E-state index contributed by atoms with van der Waals surface area (Å²) >= 11 is 0. The Morgan fingerprint density at radius 2 is 1.91 bits per heavy atom. The van der Waals surface area contributed by atoms with Crippen LogP contribution in [-0.2, 0) is 0 Å². The smallest absolute Gasteiger partial charge is 0.156 e. The van der Waals surface area contributed by atoms with Crippen molar-refractivity contribution in [3.05, 3.63) is 18.2 Å². The summed E-state index contributed by atoms with van der Waals surface area (Å²) in [6.07, 6.45) is 8.06. The van der Waals surface area contributed by atoms with Crippen molar-refractivity contribution in [3.63, 3.8) is 0 Å². The Morgan fingerprint density at radius 1 is 1.22 bits per heavy atom. The fourth-order valence-corrected chi connectivity index (χ4v) is 3.40. The summed E-state index contributed by atoms with van der Waals surface area (Å²) in [6.45, 7) is 8.63. The van der Waals surface area contributed by atoms with E-state index in [1.807, 2.05) is 13.8 Å². The van der Waals surface area contributed by atoms with Crippen molar-refractivity contribution in [1.29, 1.82) is 0 Å². The lowest BCUT2D eigenvalue weighted by Crippen LogP contribution is -2.40. The van der Waals surface area contributed by atoms with Crippen LogP contribution in [0.25, 0.3) is 0 Å². The van der Waals surface area contributed by atoms with Gasteiger partial charge in [0.2, 0.25) is 0 Å². The molecule has 2 rings (SSSR count). The Labute approximate surface area is 139 Å². The van der Waals surface area contributed by atoms with Gasteiger partial charge in [-0.25, -0.2) is 9.97 Å². The molecule has 1 aromatic rings. The van der Waals surface area contributed by atoms with Crippen molar-refractivity contribution in [2.75, 3.05) is 6.61 Å². The van der Waals surface area contributed by atoms with E-state index in [1.165, 1.54) is 0 Å². The average Bonchev–Trinajstić information content (AvgIpc) is 2.69. The van der Waals surface area contributed by atoms with E-state index in [2.05, 4.69) is 29.1 Å². The third-order valence-electron chi connectivity index (χ3n) is 4.35. The van der Waals surface area contributed by atoms with Crippen molar-refractivity contribution in [1.82, 2.24) is 15.3 Å². The molecular weight excluding hydrogens is 290 g/mol. The molecule has 0 radical (unpaired) electrons. The van der Waals surface area contributed by atoms with Crippen LogP contribution >= 0.6 is 0 Å². The quantitative estimate of drug-likeness (QED) is 0.843. The number of hydrogen-bond acceptors (Lipinski definition) is 5. The monoisotopic (exact) mass is 321 g/mol. The van der Waals surface area contributed by atoms with Crippen LogP contribution in [0.4, 0.5) is 0 Å². The van der Waals surface area contributed by atoms with E-state index in [0.29, 0.717) is 17.6 Å². The second-order valence-electron chi connectivity index (χ2n) is 7.27. The first-order valence-corrected chi connectivity index (χ1v) is 8.85. The van der Waals surface area contributed by atoms with Crippen molar-refractivity contribution in [2.24, 2.45) is 11.8 Å². The van der Waals surface area contributed by atoms with Crippen LogP contribution in [0, 0.1) is 11.8 Å². The Balaban J connectivity index is 2.05. The molecule has 1 aromatic heterocycles. The minimum Gasteiger partial charge on any atom is -0.488 e. The number of nitrogens with one attached hydrogen (secondary N) is 1. The van der Waals surface area contributed by atoms with Crippen LogP contribution in [0.5, 0.6) is 5.75 Å². The lowest BCUT2D eigenvalue weighted by atomic mass is 9.88. The van der Waals surface area contributed by atoms with E-state index < -0.39 is 0 Å². The van der Waals surface area contributed by atoms with Gasteiger partial charge in [0, 0.05) is 6.04 Å². The number of nitrogens with zero attached hydrogens (tertiary/aromatic N) is 2. The van der Waals surface area contributed by atoms with Gasteiger partial charge in [-0.2, -0.15) is 0 Å². The zero-order valence-electron chi connectivity index (χ0n) is 14.8. The van der Waals surface area contributed by atoms with Gasteiger partial charge in [0.15, 0.2) is 5.75 Å². The van der Waals surface area contributed by atoms with E-state index in [4.69, 9.17) is 4.74 Å². The van der Waals surface area contributed by atoms with Gasteiger partial charge < -0.3 is 15.2 Å². The predicted octanol–water partition coefficient (Wildman–Crippen LogP) is 3.10. The van der Waals surface area contributed by atoms with Crippen LogP contribution < -0.4 is 10.1 Å².